The second-order valence-corrected chi connectivity index (χ2v) is 6.83. The summed E-state index contributed by atoms with van der Waals surface area (Å²) in [5, 5.41) is 10.0. The van der Waals surface area contributed by atoms with E-state index in [2.05, 4.69) is 25.9 Å². The van der Waals surface area contributed by atoms with Crippen LogP contribution in [0, 0.1) is 0 Å². The van der Waals surface area contributed by atoms with Gasteiger partial charge in [0.15, 0.2) is 0 Å². The first-order valence-electron chi connectivity index (χ1n) is 9.46. The summed E-state index contributed by atoms with van der Waals surface area (Å²) in [6, 6.07) is 7.96. The lowest BCUT2D eigenvalue weighted by Gasteiger charge is -2.32. The molecule has 1 aliphatic rings. The second-order valence-electron chi connectivity index (χ2n) is 6.83. The Morgan fingerprint density at radius 2 is 2.00 bits per heavy atom. The van der Waals surface area contributed by atoms with E-state index in [0.29, 0.717) is 28.9 Å². The summed E-state index contributed by atoms with van der Waals surface area (Å²) in [6.45, 7) is 0. The number of anilines is 2. The molecule has 8 nitrogen and oxygen atoms in total. The van der Waals surface area contributed by atoms with Crippen molar-refractivity contribution in [1.82, 2.24) is 15.3 Å². The lowest BCUT2D eigenvalue weighted by Crippen LogP contribution is -2.44. The number of carbonyl (C=O) groups excluding carboxylic acids is 1. The average molecular weight is 381 g/mol. The molecule has 1 aliphatic carbocycles. The van der Waals surface area contributed by atoms with Crippen molar-refractivity contribution in [2.45, 2.75) is 37.8 Å². The van der Waals surface area contributed by atoms with Crippen LogP contribution in [0.5, 0.6) is 0 Å². The Morgan fingerprint density at radius 3 is 2.64 bits per heavy atom. The third kappa shape index (κ3) is 4.58. The Labute approximate surface area is 164 Å². The van der Waals surface area contributed by atoms with E-state index in [1.165, 1.54) is 25.2 Å². The third-order valence-corrected chi connectivity index (χ3v) is 5.02. The van der Waals surface area contributed by atoms with Gasteiger partial charge in [0.2, 0.25) is 0 Å². The molecular weight excluding hydrogens is 354 g/mol. The molecule has 1 saturated carbocycles. The van der Waals surface area contributed by atoms with E-state index in [1.807, 2.05) is 25.2 Å². The zero-order valence-electron chi connectivity index (χ0n) is 16.0. The Kier molecular flexibility index (Phi) is 6.44. The Morgan fingerprint density at radius 1 is 1.21 bits per heavy atom. The van der Waals surface area contributed by atoms with Crippen LogP contribution in [-0.4, -0.2) is 35.0 Å². The fourth-order valence-corrected chi connectivity index (χ4v) is 3.53. The van der Waals surface area contributed by atoms with Crippen molar-refractivity contribution in [2.24, 2.45) is 11.5 Å². The summed E-state index contributed by atoms with van der Waals surface area (Å²) >= 11 is 0. The fourth-order valence-electron chi connectivity index (χ4n) is 3.53. The lowest BCUT2D eigenvalue weighted by molar-refractivity contribution is 0.100. The minimum absolute atomic E-state index is 0.277. The highest BCUT2D eigenvalue weighted by atomic mass is 16.1. The SMILES string of the molecule is CNC1CCCC[C@H]1Nc1cc(NC(=CN)c2ccccn2)c(C(N)=O)cn1. The number of amides is 1. The van der Waals surface area contributed by atoms with Crippen LogP contribution < -0.4 is 27.4 Å². The van der Waals surface area contributed by atoms with Gasteiger partial charge in [-0.2, -0.15) is 0 Å². The normalized spacial score (nSPS) is 19.8. The molecule has 0 aromatic carbocycles. The van der Waals surface area contributed by atoms with Crippen molar-refractivity contribution < 1.29 is 4.79 Å². The van der Waals surface area contributed by atoms with Crippen molar-refractivity contribution in [1.29, 1.82) is 0 Å². The van der Waals surface area contributed by atoms with Crippen molar-refractivity contribution in [2.75, 3.05) is 17.7 Å². The Balaban J connectivity index is 1.86. The standard InChI is InChI=1S/C20H27N7O/c1-23-14-6-2-3-8-16(14)27-19-10-17(13(12-25-19)20(22)28)26-18(11-21)15-7-4-5-9-24-15/h4-5,7,9-12,14,16,23H,2-3,6,8,21H2,1H3,(H2,22,28)(H2,25,26,27)/t14?,16-/m1/s1. The van der Waals surface area contributed by atoms with Crippen LogP contribution >= 0.6 is 0 Å². The molecule has 8 heteroatoms. The summed E-state index contributed by atoms with van der Waals surface area (Å²) in [7, 11) is 1.98. The molecular formula is C20H27N7O. The molecule has 2 aromatic rings. The van der Waals surface area contributed by atoms with E-state index in [0.717, 1.165) is 12.8 Å². The summed E-state index contributed by atoms with van der Waals surface area (Å²) in [4.78, 5) is 20.5. The lowest BCUT2D eigenvalue weighted by atomic mass is 9.90. The van der Waals surface area contributed by atoms with Gasteiger partial charge in [-0.3, -0.25) is 9.78 Å². The maximum Gasteiger partial charge on any atom is 0.252 e. The predicted octanol–water partition coefficient (Wildman–Crippen LogP) is 1.89. The van der Waals surface area contributed by atoms with Gasteiger partial charge in [-0.25, -0.2) is 4.98 Å². The highest BCUT2D eigenvalue weighted by Crippen LogP contribution is 2.26. The van der Waals surface area contributed by atoms with Gasteiger partial charge in [-0.15, -0.1) is 0 Å². The first-order valence-corrected chi connectivity index (χ1v) is 9.46. The zero-order chi connectivity index (χ0) is 19.9. The second kappa shape index (κ2) is 9.18. The maximum absolute atomic E-state index is 11.9. The van der Waals surface area contributed by atoms with E-state index in [-0.39, 0.29) is 11.6 Å². The van der Waals surface area contributed by atoms with Crippen LogP contribution in [0.4, 0.5) is 11.5 Å². The van der Waals surface area contributed by atoms with E-state index >= 15 is 0 Å². The van der Waals surface area contributed by atoms with Crippen molar-refractivity contribution in [3.8, 4) is 0 Å². The van der Waals surface area contributed by atoms with Crippen LogP contribution in [0.3, 0.4) is 0 Å². The molecule has 28 heavy (non-hydrogen) atoms. The molecule has 148 valence electrons. The highest BCUT2D eigenvalue weighted by molar-refractivity contribution is 6.00. The number of rotatable bonds is 7. The quantitative estimate of drug-likeness (QED) is 0.495. The number of hydrogen-bond acceptors (Lipinski definition) is 7. The van der Waals surface area contributed by atoms with Crippen molar-refractivity contribution in [3.05, 3.63) is 54.1 Å². The van der Waals surface area contributed by atoms with Gasteiger partial charge in [-0.1, -0.05) is 18.9 Å². The monoisotopic (exact) mass is 381 g/mol. The summed E-state index contributed by atoms with van der Waals surface area (Å²) in [5.41, 5.74) is 13.4. The zero-order valence-corrected chi connectivity index (χ0v) is 16.0. The molecule has 2 heterocycles. The van der Waals surface area contributed by atoms with Crippen LogP contribution in [0.25, 0.3) is 5.70 Å². The van der Waals surface area contributed by atoms with Gasteiger partial charge < -0.3 is 27.4 Å². The number of hydrogen-bond donors (Lipinski definition) is 5. The molecule has 1 fully saturated rings. The molecule has 3 rings (SSSR count). The molecule has 0 radical (unpaired) electrons. The number of nitrogens with one attached hydrogen (secondary N) is 3. The first kappa shape index (κ1) is 19.6. The van der Waals surface area contributed by atoms with Gasteiger partial charge in [0, 0.05) is 36.7 Å². The number of likely N-dealkylation sites (N-methyl/N-ethyl adjacent to an activating group) is 1. The minimum atomic E-state index is -0.565. The summed E-state index contributed by atoms with van der Waals surface area (Å²) < 4.78 is 0. The molecule has 1 unspecified atom stereocenters. The maximum atomic E-state index is 11.9. The van der Waals surface area contributed by atoms with Crippen molar-refractivity contribution >= 4 is 23.1 Å². The first-order chi connectivity index (χ1) is 13.6. The molecule has 0 spiro atoms. The van der Waals surface area contributed by atoms with Crippen LogP contribution in [0.15, 0.2) is 42.9 Å². The van der Waals surface area contributed by atoms with E-state index in [4.69, 9.17) is 11.5 Å². The smallest absolute Gasteiger partial charge is 0.252 e. The number of pyridine rings is 2. The van der Waals surface area contributed by atoms with Crippen LogP contribution in [-0.2, 0) is 0 Å². The van der Waals surface area contributed by atoms with E-state index < -0.39 is 5.91 Å². The number of nitrogens with two attached hydrogens (primary N) is 2. The third-order valence-electron chi connectivity index (χ3n) is 5.02. The number of primary amides is 1. The molecule has 2 atom stereocenters. The van der Waals surface area contributed by atoms with E-state index in [9.17, 15) is 4.79 Å². The van der Waals surface area contributed by atoms with Gasteiger partial charge >= 0.3 is 0 Å². The van der Waals surface area contributed by atoms with Gasteiger partial charge in [-0.05, 0) is 32.0 Å². The molecule has 0 saturated heterocycles. The molecule has 0 bridgehead atoms. The van der Waals surface area contributed by atoms with Crippen LogP contribution in [0.1, 0.15) is 41.7 Å². The highest BCUT2D eigenvalue weighted by Gasteiger charge is 2.24. The van der Waals surface area contributed by atoms with Gasteiger partial charge in [0.1, 0.15) is 5.82 Å². The average Bonchev–Trinajstić information content (AvgIpc) is 2.73. The fraction of sp³-hybridized carbons (Fsp3) is 0.350. The molecule has 0 aliphatic heterocycles. The molecule has 1 amide bonds. The van der Waals surface area contributed by atoms with Gasteiger partial charge in [0.05, 0.1) is 22.6 Å². The topological polar surface area (TPSA) is 131 Å². The predicted molar refractivity (Wildman–Crippen MR) is 112 cm³/mol. The molecule has 7 N–H and O–H groups in total. The number of aromatic nitrogens is 2. The Hall–Kier alpha value is -3.13. The van der Waals surface area contributed by atoms with Crippen molar-refractivity contribution in [3.63, 3.8) is 0 Å². The Bertz CT molecular complexity index is 838. The minimum Gasteiger partial charge on any atom is -0.403 e. The molecule has 2 aromatic heterocycles. The summed E-state index contributed by atoms with van der Waals surface area (Å²) in [6.07, 6.45) is 9.17. The van der Waals surface area contributed by atoms with Crippen LogP contribution in [0.2, 0.25) is 0 Å². The largest absolute Gasteiger partial charge is 0.403 e. The number of nitrogens with zero attached hydrogens (tertiary/aromatic N) is 2. The summed E-state index contributed by atoms with van der Waals surface area (Å²) in [5.74, 6) is 0.113. The van der Waals surface area contributed by atoms with Gasteiger partial charge in [0.25, 0.3) is 5.91 Å². The number of carbonyl (C=O) groups is 1. The van der Waals surface area contributed by atoms with E-state index in [1.54, 1.807) is 12.3 Å².